The Kier molecular flexibility index (Phi) is 4.43. The number of amides is 1. The maximum absolute atomic E-state index is 12.5. The normalized spacial score (nSPS) is 18.7. The van der Waals surface area contributed by atoms with Gasteiger partial charge in [-0.25, -0.2) is 14.3 Å². The van der Waals surface area contributed by atoms with Gasteiger partial charge in [0, 0.05) is 25.8 Å². The van der Waals surface area contributed by atoms with Crippen LogP contribution >= 0.6 is 0 Å². The zero-order valence-electron chi connectivity index (χ0n) is 11.3. The quantitative estimate of drug-likeness (QED) is 0.374. The van der Waals surface area contributed by atoms with Gasteiger partial charge in [0.25, 0.3) is 5.91 Å². The summed E-state index contributed by atoms with van der Waals surface area (Å²) in [7, 11) is -1.61. The van der Waals surface area contributed by atoms with E-state index in [0.29, 0.717) is 19.6 Å². The highest BCUT2D eigenvalue weighted by atomic mass is 32.2. The summed E-state index contributed by atoms with van der Waals surface area (Å²) in [6.45, 7) is 2.50. The Morgan fingerprint density at radius 3 is 2.80 bits per heavy atom. The SMILES string of the molecule is CN1CCCN(S(=O)(=O)c2c[nH]c(C(=O)NN)c2)CC1. The van der Waals surface area contributed by atoms with Crippen molar-refractivity contribution in [2.45, 2.75) is 11.3 Å². The molecule has 2 rings (SSSR count). The molecule has 1 fully saturated rings. The second-order valence-corrected chi connectivity index (χ2v) is 6.72. The van der Waals surface area contributed by atoms with E-state index in [1.54, 1.807) is 0 Å². The van der Waals surface area contributed by atoms with Gasteiger partial charge < -0.3 is 9.88 Å². The molecule has 0 aromatic carbocycles. The smallest absolute Gasteiger partial charge is 0.281 e. The number of sulfonamides is 1. The van der Waals surface area contributed by atoms with Crippen LogP contribution in [0.4, 0.5) is 0 Å². The first-order valence-electron chi connectivity index (χ1n) is 6.33. The molecule has 0 radical (unpaired) electrons. The van der Waals surface area contributed by atoms with E-state index in [4.69, 9.17) is 5.84 Å². The fourth-order valence-corrected chi connectivity index (χ4v) is 3.61. The van der Waals surface area contributed by atoms with Crippen molar-refractivity contribution in [3.05, 3.63) is 18.0 Å². The van der Waals surface area contributed by atoms with Crippen LogP contribution in [0.5, 0.6) is 0 Å². The number of nitrogens with two attached hydrogens (primary N) is 1. The second-order valence-electron chi connectivity index (χ2n) is 4.78. The molecule has 0 unspecified atom stereocenters. The molecule has 2 heterocycles. The summed E-state index contributed by atoms with van der Waals surface area (Å²) in [6.07, 6.45) is 2.10. The van der Waals surface area contributed by atoms with Gasteiger partial charge in [0.05, 0.1) is 0 Å². The minimum absolute atomic E-state index is 0.0839. The number of nitrogens with zero attached hydrogens (tertiary/aromatic N) is 2. The lowest BCUT2D eigenvalue weighted by atomic mass is 10.4. The Morgan fingerprint density at radius 2 is 2.10 bits per heavy atom. The molecule has 1 aromatic heterocycles. The molecule has 20 heavy (non-hydrogen) atoms. The maximum atomic E-state index is 12.5. The number of nitrogens with one attached hydrogen (secondary N) is 2. The van der Waals surface area contributed by atoms with Gasteiger partial charge in [-0.3, -0.25) is 10.2 Å². The van der Waals surface area contributed by atoms with E-state index >= 15 is 0 Å². The fourth-order valence-electron chi connectivity index (χ4n) is 2.14. The van der Waals surface area contributed by atoms with Crippen molar-refractivity contribution in [3.8, 4) is 0 Å². The minimum Gasteiger partial charge on any atom is -0.356 e. The third kappa shape index (κ3) is 3.01. The van der Waals surface area contributed by atoms with E-state index in [1.165, 1.54) is 16.6 Å². The standard InChI is InChI=1S/C11H19N5O3S/c1-15-3-2-4-16(6-5-15)20(18,19)9-7-10(13-8-9)11(17)14-12/h7-8,13H,2-6,12H2,1H3,(H,14,17). The number of aromatic nitrogens is 1. The van der Waals surface area contributed by atoms with Crippen molar-refractivity contribution >= 4 is 15.9 Å². The number of hydrogen-bond donors (Lipinski definition) is 3. The predicted octanol–water partition coefficient (Wildman–Crippen LogP) is -1.06. The molecule has 0 atom stereocenters. The lowest BCUT2D eigenvalue weighted by molar-refractivity contribution is 0.0949. The van der Waals surface area contributed by atoms with Gasteiger partial charge in [-0.05, 0) is 26.1 Å². The molecule has 9 heteroatoms. The highest BCUT2D eigenvalue weighted by molar-refractivity contribution is 7.89. The van der Waals surface area contributed by atoms with E-state index in [9.17, 15) is 13.2 Å². The van der Waals surface area contributed by atoms with Crippen molar-refractivity contribution in [1.82, 2.24) is 19.6 Å². The molecule has 8 nitrogen and oxygen atoms in total. The summed E-state index contributed by atoms with van der Waals surface area (Å²) in [5, 5.41) is 0. The number of carbonyl (C=O) groups excluding carboxylic acids is 1. The van der Waals surface area contributed by atoms with Crippen LogP contribution in [0.3, 0.4) is 0 Å². The van der Waals surface area contributed by atoms with Gasteiger partial charge in [-0.15, -0.1) is 0 Å². The van der Waals surface area contributed by atoms with Crippen molar-refractivity contribution < 1.29 is 13.2 Å². The number of rotatable bonds is 3. The molecule has 0 aliphatic carbocycles. The molecular formula is C11H19N5O3S. The molecule has 4 N–H and O–H groups in total. The molecule has 1 aromatic rings. The largest absolute Gasteiger partial charge is 0.356 e. The Bertz CT molecular complexity index is 583. The Balaban J connectivity index is 2.21. The average molecular weight is 301 g/mol. The van der Waals surface area contributed by atoms with Crippen LogP contribution in [0, 0.1) is 0 Å². The van der Waals surface area contributed by atoms with E-state index in [-0.39, 0.29) is 10.6 Å². The summed E-state index contributed by atoms with van der Waals surface area (Å²) >= 11 is 0. The fraction of sp³-hybridized carbons (Fsp3) is 0.545. The summed E-state index contributed by atoms with van der Waals surface area (Å²) in [5.74, 6) is 4.46. The van der Waals surface area contributed by atoms with Crippen LogP contribution in [0.25, 0.3) is 0 Å². The number of aromatic amines is 1. The first-order valence-corrected chi connectivity index (χ1v) is 7.77. The molecule has 0 spiro atoms. The number of H-pyrrole nitrogens is 1. The van der Waals surface area contributed by atoms with Crippen LogP contribution in [0.15, 0.2) is 17.2 Å². The average Bonchev–Trinajstić information content (AvgIpc) is 2.82. The van der Waals surface area contributed by atoms with Gasteiger partial charge in [0.15, 0.2) is 0 Å². The first-order chi connectivity index (χ1) is 9.45. The lowest BCUT2D eigenvalue weighted by Crippen LogP contribution is -2.34. The van der Waals surface area contributed by atoms with Gasteiger partial charge in [0.1, 0.15) is 10.6 Å². The third-order valence-electron chi connectivity index (χ3n) is 3.35. The van der Waals surface area contributed by atoms with E-state index in [1.807, 2.05) is 12.5 Å². The van der Waals surface area contributed by atoms with Crippen molar-refractivity contribution in [1.29, 1.82) is 0 Å². The van der Waals surface area contributed by atoms with Crippen molar-refractivity contribution in [2.75, 3.05) is 33.2 Å². The van der Waals surface area contributed by atoms with Crippen molar-refractivity contribution in [3.63, 3.8) is 0 Å². The maximum Gasteiger partial charge on any atom is 0.281 e. The van der Waals surface area contributed by atoms with Gasteiger partial charge in [0.2, 0.25) is 10.0 Å². The summed E-state index contributed by atoms with van der Waals surface area (Å²) in [6, 6.07) is 1.30. The molecule has 112 valence electrons. The van der Waals surface area contributed by atoms with Crippen LogP contribution in [0.1, 0.15) is 16.9 Å². The highest BCUT2D eigenvalue weighted by Crippen LogP contribution is 2.18. The molecule has 1 amide bonds. The predicted molar refractivity (Wildman–Crippen MR) is 73.3 cm³/mol. The topological polar surface area (TPSA) is 112 Å². The monoisotopic (exact) mass is 301 g/mol. The summed E-state index contributed by atoms with van der Waals surface area (Å²) in [4.78, 5) is 16.1. The van der Waals surface area contributed by atoms with Gasteiger partial charge in [-0.2, -0.15) is 4.31 Å². The van der Waals surface area contributed by atoms with Crippen LogP contribution in [0.2, 0.25) is 0 Å². The molecule has 0 bridgehead atoms. The Labute approximate surface area is 117 Å². The first kappa shape index (κ1) is 15.0. The highest BCUT2D eigenvalue weighted by Gasteiger charge is 2.27. The van der Waals surface area contributed by atoms with E-state index in [0.717, 1.165) is 13.0 Å². The van der Waals surface area contributed by atoms with Gasteiger partial charge in [-0.1, -0.05) is 0 Å². The molecular weight excluding hydrogens is 282 g/mol. The van der Waals surface area contributed by atoms with Crippen LogP contribution in [-0.4, -0.2) is 61.7 Å². The number of hydrazine groups is 1. The number of nitrogen functional groups attached to an aromatic ring is 1. The molecule has 1 saturated heterocycles. The molecule has 1 aliphatic rings. The number of hydrogen-bond acceptors (Lipinski definition) is 5. The Hall–Kier alpha value is -1.42. The van der Waals surface area contributed by atoms with E-state index < -0.39 is 15.9 Å². The molecule has 0 saturated carbocycles. The van der Waals surface area contributed by atoms with E-state index in [2.05, 4.69) is 9.88 Å². The zero-order chi connectivity index (χ0) is 14.8. The minimum atomic E-state index is -3.58. The zero-order valence-corrected chi connectivity index (χ0v) is 12.1. The number of likely N-dealkylation sites (N-methyl/N-ethyl adjacent to an activating group) is 1. The third-order valence-corrected chi connectivity index (χ3v) is 5.22. The number of carbonyl (C=O) groups is 1. The summed E-state index contributed by atoms with van der Waals surface area (Å²) in [5.41, 5.74) is 2.08. The van der Waals surface area contributed by atoms with Crippen molar-refractivity contribution in [2.24, 2.45) is 5.84 Å². The Morgan fingerprint density at radius 1 is 1.35 bits per heavy atom. The molecule has 1 aliphatic heterocycles. The summed E-state index contributed by atoms with van der Waals surface area (Å²) < 4.78 is 26.4. The second kappa shape index (κ2) is 5.92. The van der Waals surface area contributed by atoms with Gasteiger partial charge >= 0.3 is 0 Å². The van der Waals surface area contributed by atoms with Crippen LogP contribution < -0.4 is 11.3 Å². The van der Waals surface area contributed by atoms with Crippen LogP contribution in [-0.2, 0) is 10.0 Å². The lowest BCUT2D eigenvalue weighted by Gasteiger charge is -2.19.